The molecular formula is C10H18N4. The summed E-state index contributed by atoms with van der Waals surface area (Å²) in [5.41, 5.74) is 7.00. The molecule has 14 heavy (non-hydrogen) atoms. The molecule has 0 spiro atoms. The summed E-state index contributed by atoms with van der Waals surface area (Å²) < 4.78 is 1.96. The Morgan fingerprint density at radius 2 is 2.50 bits per heavy atom. The lowest BCUT2D eigenvalue weighted by Gasteiger charge is -2.12. The van der Waals surface area contributed by atoms with Gasteiger partial charge in [-0.15, -0.1) is 0 Å². The fraction of sp³-hybridized carbons (Fsp3) is 0.700. The van der Waals surface area contributed by atoms with E-state index in [1.807, 2.05) is 10.9 Å². The highest BCUT2D eigenvalue weighted by molar-refractivity contribution is 4.99. The van der Waals surface area contributed by atoms with Gasteiger partial charge < -0.3 is 5.73 Å². The summed E-state index contributed by atoms with van der Waals surface area (Å²) in [5, 5.41) is 4.45. The minimum absolute atomic E-state index is 0.364. The molecule has 2 rings (SSSR count). The Hall–Kier alpha value is -0.870. The standard InChI is InChI=1S/C10H18N4/c1-2-14-6-4-10(12-14)8-13-5-3-9(11)7-13/h4,6,9H,2-3,5,7-8,11H2,1H3/t9-/m1/s1. The highest BCUT2D eigenvalue weighted by atomic mass is 15.3. The van der Waals surface area contributed by atoms with Crippen LogP contribution in [0.3, 0.4) is 0 Å². The minimum Gasteiger partial charge on any atom is -0.326 e. The third-order valence-electron chi connectivity index (χ3n) is 2.71. The summed E-state index contributed by atoms with van der Waals surface area (Å²) in [7, 11) is 0. The molecular weight excluding hydrogens is 176 g/mol. The minimum atomic E-state index is 0.364. The summed E-state index contributed by atoms with van der Waals surface area (Å²) in [6, 6.07) is 2.45. The SMILES string of the molecule is CCn1ccc(CN2CC[C@@H](N)C2)n1. The molecule has 0 radical (unpaired) electrons. The second-order valence-corrected chi connectivity index (χ2v) is 3.95. The van der Waals surface area contributed by atoms with Crippen molar-refractivity contribution in [2.75, 3.05) is 13.1 Å². The lowest BCUT2D eigenvalue weighted by molar-refractivity contribution is 0.321. The van der Waals surface area contributed by atoms with Crippen LogP contribution in [0.15, 0.2) is 12.3 Å². The van der Waals surface area contributed by atoms with Crippen molar-refractivity contribution in [2.45, 2.75) is 32.5 Å². The molecule has 0 aliphatic carbocycles. The maximum absolute atomic E-state index is 5.84. The maximum Gasteiger partial charge on any atom is 0.0764 e. The molecule has 1 aliphatic heterocycles. The first-order valence-electron chi connectivity index (χ1n) is 5.28. The largest absolute Gasteiger partial charge is 0.326 e. The topological polar surface area (TPSA) is 47.1 Å². The lowest BCUT2D eigenvalue weighted by Crippen LogP contribution is -2.26. The summed E-state index contributed by atoms with van der Waals surface area (Å²) in [6.07, 6.45) is 3.15. The monoisotopic (exact) mass is 194 g/mol. The second-order valence-electron chi connectivity index (χ2n) is 3.95. The Labute approximate surface area is 84.7 Å². The first kappa shape index (κ1) is 9.68. The van der Waals surface area contributed by atoms with Gasteiger partial charge in [0.1, 0.15) is 0 Å². The number of aromatic nitrogens is 2. The predicted octanol–water partition coefficient (Wildman–Crippen LogP) is 0.436. The number of hydrogen-bond acceptors (Lipinski definition) is 3. The smallest absolute Gasteiger partial charge is 0.0764 e. The van der Waals surface area contributed by atoms with Crippen LogP contribution >= 0.6 is 0 Å². The number of hydrogen-bond donors (Lipinski definition) is 1. The van der Waals surface area contributed by atoms with Crippen molar-refractivity contribution in [1.82, 2.24) is 14.7 Å². The van der Waals surface area contributed by atoms with Gasteiger partial charge in [-0.05, 0) is 19.4 Å². The first-order chi connectivity index (χ1) is 6.78. The Balaban J connectivity index is 1.90. The van der Waals surface area contributed by atoms with Crippen LogP contribution in [0.4, 0.5) is 0 Å². The zero-order valence-corrected chi connectivity index (χ0v) is 8.69. The van der Waals surface area contributed by atoms with E-state index in [9.17, 15) is 0 Å². The van der Waals surface area contributed by atoms with Crippen LogP contribution in [0.5, 0.6) is 0 Å². The molecule has 0 unspecified atom stereocenters. The fourth-order valence-electron chi connectivity index (χ4n) is 1.90. The van der Waals surface area contributed by atoms with Gasteiger partial charge in [-0.2, -0.15) is 5.10 Å². The van der Waals surface area contributed by atoms with Gasteiger partial charge in [-0.1, -0.05) is 0 Å². The third-order valence-corrected chi connectivity index (χ3v) is 2.71. The van der Waals surface area contributed by atoms with E-state index < -0.39 is 0 Å². The maximum atomic E-state index is 5.84. The molecule has 4 heteroatoms. The Kier molecular flexibility index (Phi) is 2.84. The van der Waals surface area contributed by atoms with E-state index >= 15 is 0 Å². The summed E-state index contributed by atoms with van der Waals surface area (Å²) in [6.45, 7) is 6.11. The first-order valence-corrected chi connectivity index (χ1v) is 5.28. The van der Waals surface area contributed by atoms with Crippen molar-refractivity contribution in [3.8, 4) is 0 Å². The number of likely N-dealkylation sites (tertiary alicyclic amines) is 1. The predicted molar refractivity (Wildman–Crippen MR) is 55.8 cm³/mol. The average Bonchev–Trinajstić information content (AvgIpc) is 2.76. The molecule has 2 N–H and O–H groups in total. The molecule has 1 aromatic heterocycles. The molecule has 4 nitrogen and oxygen atoms in total. The summed E-state index contributed by atoms with van der Waals surface area (Å²) in [5.74, 6) is 0. The van der Waals surface area contributed by atoms with E-state index in [0.29, 0.717) is 6.04 Å². The number of nitrogens with two attached hydrogens (primary N) is 1. The van der Waals surface area contributed by atoms with E-state index in [2.05, 4.69) is 23.0 Å². The van der Waals surface area contributed by atoms with Gasteiger partial charge in [0.2, 0.25) is 0 Å². The summed E-state index contributed by atoms with van der Waals surface area (Å²) in [4.78, 5) is 2.37. The Morgan fingerprint density at radius 3 is 3.07 bits per heavy atom. The zero-order chi connectivity index (χ0) is 9.97. The molecule has 0 amide bonds. The van der Waals surface area contributed by atoms with E-state index in [1.165, 1.54) is 0 Å². The highest BCUT2D eigenvalue weighted by Crippen LogP contribution is 2.10. The van der Waals surface area contributed by atoms with Crippen molar-refractivity contribution >= 4 is 0 Å². The van der Waals surface area contributed by atoms with Crippen molar-refractivity contribution in [3.63, 3.8) is 0 Å². The molecule has 1 fully saturated rings. The normalized spacial score (nSPS) is 23.1. The van der Waals surface area contributed by atoms with Gasteiger partial charge in [0.15, 0.2) is 0 Å². The van der Waals surface area contributed by atoms with Gasteiger partial charge >= 0.3 is 0 Å². The molecule has 78 valence electrons. The Bertz CT molecular complexity index is 294. The van der Waals surface area contributed by atoms with Gasteiger partial charge in [0.25, 0.3) is 0 Å². The number of aryl methyl sites for hydroxylation is 1. The van der Waals surface area contributed by atoms with E-state index in [0.717, 1.165) is 38.3 Å². The summed E-state index contributed by atoms with van der Waals surface area (Å²) >= 11 is 0. The van der Waals surface area contributed by atoms with Gasteiger partial charge in [0, 0.05) is 38.4 Å². The zero-order valence-electron chi connectivity index (χ0n) is 8.69. The lowest BCUT2D eigenvalue weighted by atomic mass is 10.3. The third kappa shape index (κ3) is 2.13. The van der Waals surface area contributed by atoms with Crippen LogP contribution in [-0.2, 0) is 13.1 Å². The van der Waals surface area contributed by atoms with Gasteiger partial charge in [-0.25, -0.2) is 0 Å². The van der Waals surface area contributed by atoms with Crippen LogP contribution in [0, 0.1) is 0 Å². The van der Waals surface area contributed by atoms with Crippen molar-refractivity contribution in [1.29, 1.82) is 0 Å². The van der Waals surface area contributed by atoms with Crippen molar-refractivity contribution < 1.29 is 0 Å². The van der Waals surface area contributed by atoms with Crippen LogP contribution in [0.1, 0.15) is 19.0 Å². The van der Waals surface area contributed by atoms with E-state index in [4.69, 9.17) is 5.73 Å². The highest BCUT2D eigenvalue weighted by Gasteiger charge is 2.19. The van der Waals surface area contributed by atoms with Crippen LogP contribution in [0.2, 0.25) is 0 Å². The molecule has 0 bridgehead atoms. The van der Waals surface area contributed by atoms with Crippen LogP contribution in [0.25, 0.3) is 0 Å². The van der Waals surface area contributed by atoms with Gasteiger partial charge in [-0.3, -0.25) is 9.58 Å². The second kappa shape index (κ2) is 4.11. The number of rotatable bonds is 3. The number of nitrogens with zero attached hydrogens (tertiary/aromatic N) is 3. The molecule has 1 aliphatic rings. The molecule has 0 saturated carbocycles. The molecule has 1 saturated heterocycles. The van der Waals surface area contributed by atoms with Crippen molar-refractivity contribution in [2.24, 2.45) is 5.73 Å². The molecule has 0 aromatic carbocycles. The van der Waals surface area contributed by atoms with Crippen molar-refractivity contribution in [3.05, 3.63) is 18.0 Å². The Morgan fingerprint density at radius 1 is 1.64 bits per heavy atom. The van der Waals surface area contributed by atoms with Crippen LogP contribution < -0.4 is 5.73 Å². The molecule has 2 heterocycles. The van der Waals surface area contributed by atoms with E-state index in [-0.39, 0.29) is 0 Å². The molecule has 1 atom stereocenters. The molecule has 1 aromatic rings. The quantitative estimate of drug-likeness (QED) is 0.759. The average molecular weight is 194 g/mol. The van der Waals surface area contributed by atoms with Crippen LogP contribution in [-0.4, -0.2) is 33.8 Å². The van der Waals surface area contributed by atoms with Gasteiger partial charge in [0.05, 0.1) is 5.69 Å². The van der Waals surface area contributed by atoms with E-state index in [1.54, 1.807) is 0 Å². The fourth-order valence-corrected chi connectivity index (χ4v) is 1.90.